The first-order chi connectivity index (χ1) is 12.9. The zero-order chi connectivity index (χ0) is 19.2. The quantitative estimate of drug-likeness (QED) is 0.768. The fourth-order valence-corrected chi connectivity index (χ4v) is 5.54. The van der Waals surface area contributed by atoms with E-state index in [-0.39, 0.29) is 29.2 Å². The summed E-state index contributed by atoms with van der Waals surface area (Å²) in [5.41, 5.74) is 1.85. The molecule has 0 bridgehead atoms. The van der Waals surface area contributed by atoms with Crippen LogP contribution in [0.4, 0.5) is 0 Å². The van der Waals surface area contributed by atoms with E-state index in [4.69, 9.17) is 0 Å². The molecule has 1 fully saturated rings. The lowest BCUT2D eigenvalue weighted by molar-refractivity contribution is 0.333. The Morgan fingerprint density at radius 3 is 2.81 bits per heavy atom. The molecule has 1 unspecified atom stereocenters. The van der Waals surface area contributed by atoms with Gasteiger partial charge in [0.15, 0.2) is 5.03 Å². The van der Waals surface area contributed by atoms with Crippen LogP contribution in [0.5, 0.6) is 0 Å². The van der Waals surface area contributed by atoms with Crippen LogP contribution < -0.4 is 5.56 Å². The third kappa shape index (κ3) is 3.34. The Kier molecular flexibility index (Phi) is 4.67. The molecule has 1 aliphatic carbocycles. The van der Waals surface area contributed by atoms with Gasteiger partial charge in [-0.1, -0.05) is 0 Å². The van der Waals surface area contributed by atoms with Crippen molar-refractivity contribution in [3.8, 4) is 0 Å². The Morgan fingerprint density at radius 1 is 1.26 bits per heavy atom. The highest BCUT2D eigenvalue weighted by Crippen LogP contribution is 2.27. The summed E-state index contributed by atoms with van der Waals surface area (Å²) < 4.78 is 30.9. The molecule has 146 valence electrons. The number of fused-ring (bicyclic) bond motifs is 1. The number of imidazole rings is 1. The number of hydrogen-bond acceptors (Lipinski definition) is 5. The molecule has 4 rings (SSSR count). The van der Waals surface area contributed by atoms with Crippen LogP contribution in [0.25, 0.3) is 0 Å². The molecule has 8 nitrogen and oxygen atoms in total. The van der Waals surface area contributed by atoms with E-state index in [1.165, 1.54) is 8.99 Å². The van der Waals surface area contributed by atoms with Crippen molar-refractivity contribution in [1.82, 2.24) is 23.6 Å². The molecule has 0 N–H and O–H groups in total. The van der Waals surface area contributed by atoms with Crippen molar-refractivity contribution in [2.75, 3.05) is 6.54 Å². The number of hydrogen-bond donors (Lipinski definition) is 0. The SMILES string of the molecule is CC(C)n1cnc(S(=O)(=O)N2CCCC2Cn2nc3c(cc2=O)CCC3)c1. The Balaban J connectivity index is 1.60. The Labute approximate surface area is 158 Å². The van der Waals surface area contributed by atoms with E-state index in [0.29, 0.717) is 6.54 Å². The molecule has 27 heavy (non-hydrogen) atoms. The lowest BCUT2D eigenvalue weighted by Crippen LogP contribution is -2.40. The van der Waals surface area contributed by atoms with Crippen LogP contribution in [0, 0.1) is 0 Å². The summed E-state index contributed by atoms with van der Waals surface area (Å²) in [5.74, 6) is 0. The maximum Gasteiger partial charge on any atom is 0.267 e. The first-order valence-corrected chi connectivity index (χ1v) is 11.0. The van der Waals surface area contributed by atoms with Crippen molar-refractivity contribution >= 4 is 10.0 Å². The minimum Gasteiger partial charge on any atom is -0.334 e. The summed E-state index contributed by atoms with van der Waals surface area (Å²) in [6.07, 6.45) is 7.43. The monoisotopic (exact) mass is 391 g/mol. The van der Waals surface area contributed by atoms with Gasteiger partial charge in [-0.3, -0.25) is 4.79 Å². The lowest BCUT2D eigenvalue weighted by Gasteiger charge is -2.23. The van der Waals surface area contributed by atoms with Crippen molar-refractivity contribution < 1.29 is 8.42 Å². The molecule has 3 heterocycles. The zero-order valence-electron chi connectivity index (χ0n) is 15.7. The predicted octanol–water partition coefficient (Wildman–Crippen LogP) is 1.36. The summed E-state index contributed by atoms with van der Waals surface area (Å²) in [7, 11) is -3.69. The van der Waals surface area contributed by atoms with Crippen molar-refractivity contribution in [1.29, 1.82) is 0 Å². The van der Waals surface area contributed by atoms with Gasteiger partial charge < -0.3 is 4.57 Å². The van der Waals surface area contributed by atoms with Crippen molar-refractivity contribution in [3.63, 3.8) is 0 Å². The molecule has 1 saturated heterocycles. The number of rotatable bonds is 5. The molecule has 0 spiro atoms. The normalized spacial score (nSPS) is 20.5. The van der Waals surface area contributed by atoms with Crippen LogP contribution in [-0.4, -0.2) is 44.6 Å². The van der Waals surface area contributed by atoms with Crippen molar-refractivity contribution in [2.45, 2.75) is 69.6 Å². The fourth-order valence-electron chi connectivity index (χ4n) is 3.93. The Hall–Kier alpha value is -2.00. The van der Waals surface area contributed by atoms with E-state index in [9.17, 15) is 13.2 Å². The number of sulfonamides is 1. The fraction of sp³-hybridized carbons (Fsp3) is 0.611. The molecule has 2 aromatic rings. The zero-order valence-corrected chi connectivity index (χ0v) is 16.5. The van der Waals surface area contributed by atoms with Crippen LogP contribution in [0.2, 0.25) is 0 Å². The molecule has 0 radical (unpaired) electrons. The summed E-state index contributed by atoms with van der Waals surface area (Å²) in [6, 6.07) is 1.53. The minimum absolute atomic E-state index is 0.0670. The van der Waals surface area contributed by atoms with Crippen molar-refractivity contribution in [2.24, 2.45) is 0 Å². The van der Waals surface area contributed by atoms with E-state index in [1.54, 1.807) is 23.2 Å². The molecule has 0 amide bonds. The highest BCUT2D eigenvalue weighted by atomic mass is 32.2. The maximum absolute atomic E-state index is 13.1. The molecule has 0 saturated carbocycles. The first kappa shape index (κ1) is 18.4. The van der Waals surface area contributed by atoms with Gasteiger partial charge in [-0.15, -0.1) is 0 Å². The van der Waals surface area contributed by atoms with Gasteiger partial charge in [-0.25, -0.2) is 18.1 Å². The number of nitrogens with zero attached hydrogens (tertiary/aromatic N) is 5. The van der Waals surface area contributed by atoms with Crippen LogP contribution in [-0.2, 0) is 29.4 Å². The van der Waals surface area contributed by atoms with Gasteiger partial charge >= 0.3 is 0 Å². The van der Waals surface area contributed by atoms with Gasteiger partial charge in [0.1, 0.15) is 0 Å². The van der Waals surface area contributed by atoms with E-state index in [1.807, 2.05) is 13.8 Å². The Morgan fingerprint density at radius 2 is 2.07 bits per heavy atom. The first-order valence-electron chi connectivity index (χ1n) is 9.51. The minimum atomic E-state index is -3.69. The standard InChI is InChI=1S/C18H25N5O3S/c1-13(2)21-11-17(19-12-21)27(25,26)23-8-4-6-15(23)10-22-18(24)9-14-5-3-7-16(14)20-22/h9,11-13,15H,3-8,10H2,1-2H3. The second-order valence-electron chi connectivity index (χ2n) is 7.65. The highest BCUT2D eigenvalue weighted by Gasteiger charge is 2.37. The Bertz CT molecular complexity index is 1010. The van der Waals surface area contributed by atoms with Crippen LogP contribution in [0.15, 0.2) is 28.4 Å². The van der Waals surface area contributed by atoms with Gasteiger partial charge in [0.2, 0.25) is 0 Å². The topological polar surface area (TPSA) is 90.1 Å². The highest BCUT2D eigenvalue weighted by molar-refractivity contribution is 7.89. The molecule has 0 aromatic carbocycles. The average molecular weight is 391 g/mol. The van der Waals surface area contributed by atoms with E-state index in [2.05, 4.69) is 10.1 Å². The molecule has 9 heteroatoms. The molecule has 1 aliphatic heterocycles. The molecular weight excluding hydrogens is 366 g/mol. The molecular formula is C18H25N5O3S. The second-order valence-corrected chi connectivity index (χ2v) is 9.49. The maximum atomic E-state index is 13.1. The van der Waals surface area contributed by atoms with Crippen molar-refractivity contribution in [3.05, 3.63) is 40.2 Å². The van der Waals surface area contributed by atoms with Gasteiger partial charge in [-0.2, -0.15) is 9.40 Å². The van der Waals surface area contributed by atoms with Crippen LogP contribution in [0.3, 0.4) is 0 Å². The number of aromatic nitrogens is 4. The van der Waals surface area contributed by atoms with Gasteiger partial charge in [-0.05, 0) is 51.5 Å². The second kappa shape index (κ2) is 6.87. The third-order valence-corrected chi connectivity index (χ3v) is 7.32. The number of aryl methyl sites for hydroxylation is 2. The van der Waals surface area contributed by atoms with Gasteiger partial charge in [0, 0.05) is 30.9 Å². The van der Waals surface area contributed by atoms with Crippen LogP contribution >= 0.6 is 0 Å². The van der Waals surface area contributed by atoms with Gasteiger partial charge in [0.25, 0.3) is 15.6 Å². The average Bonchev–Trinajstić information content (AvgIpc) is 3.35. The lowest BCUT2D eigenvalue weighted by atomic mass is 10.2. The molecule has 1 atom stereocenters. The summed E-state index contributed by atoms with van der Waals surface area (Å²) in [5, 5.41) is 4.56. The van der Waals surface area contributed by atoms with Crippen LogP contribution in [0.1, 0.15) is 50.4 Å². The largest absolute Gasteiger partial charge is 0.334 e. The van der Waals surface area contributed by atoms with Gasteiger partial charge in [0.05, 0.1) is 18.6 Å². The summed E-state index contributed by atoms with van der Waals surface area (Å²) in [6.45, 7) is 4.68. The smallest absolute Gasteiger partial charge is 0.267 e. The van der Waals surface area contributed by atoms with E-state index in [0.717, 1.165) is 43.4 Å². The molecule has 2 aromatic heterocycles. The molecule has 2 aliphatic rings. The third-order valence-electron chi connectivity index (χ3n) is 5.48. The van der Waals surface area contributed by atoms with E-state index >= 15 is 0 Å². The summed E-state index contributed by atoms with van der Waals surface area (Å²) in [4.78, 5) is 16.5. The van der Waals surface area contributed by atoms with E-state index < -0.39 is 10.0 Å². The predicted molar refractivity (Wildman–Crippen MR) is 100 cm³/mol. The summed E-state index contributed by atoms with van der Waals surface area (Å²) >= 11 is 0.